The Morgan fingerprint density at radius 2 is 1.86 bits per heavy atom. The summed E-state index contributed by atoms with van der Waals surface area (Å²) < 4.78 is 7.17. The summed E-state index contributed by atoms with van der Waals surface area (Å²) in [6.07, 6.45) is 1.04. The first-order valence-electron chi connectivity index (χ1n) is 7.35. The van der Waals surface area contributed by atoms with Crippen molar-refractivity contribution in [1.82, 2.24) is 4.57 Å². The van der Waals surface area contributed by atoms with Crippen LogP contribution in [0.15, 0.2) is 30.3 Å². The van der Waals surface area contributed by atoms with Crippen LogP contribution in [-0.4, -0.2) is 22.9 Å². The zero-order valence-electron chi connectivity index (χ0n) is 13.4. The monoisotopic (exact) mass is 299 g/mol. The van der Waals surface area contributed by atoms with Gasteiger partial charge in [0.15, 0.2) is 6.29 Å². The Morgan fingerprint density at radius 3 is 2.36 bits per heavy atom. The molecular formula is C18H21NO3. The molecule has 2 rings (SSSR count). The van der Waals surface area contributed by atoms with E-state index in [2.05, 4.69) is 0 Å². The summed E-state index contributed by atoms with van der Waals surface area (Å²) in [7, 11) is 0. The van der Waals surface area contributed by atoms with E-state index in [4.69, 9.17) is 4.74 Å². The summed E-state index contributed by atoms with van der Waals surface area (Å²) >= 11 is 0. The zero-order chi connectivity index (χ0) is 16.3. The highest BCUT2D eigenvalue weighted by Gasteiger charge is 2.11. The van der Waals surface area contributed by atoms with Gasteiger partial charge < -0.3 is 9.30 Å². The highest BCUT2D eigenvalue weighted by molar-refractivity contribution is 5.77. The van der Waals surface area contributed by atoms with Gasteiger partial charge in [-0.25, -0.2) is 0 Å². The van der Waals surface area contributed by atoms with E-state index < -0.39 is 0 Å². The second-order valence-corrected chi connectivity index (χ2v) is 5.66. The van der Waals surface area contributed by atoms with Gasteiger partial charge in [-0.1, -0.05) is 12.1 Å². The highest BCUT2D eigenvalue weighted by atomic mass is 16.5. The lowest BCUT2D eigenvalue weighted by Gasteiger charge is -2.11. The molecule has 1 heterocycles. The van der Waals surface area contributed by atoms with Gasteiger partial charge in [0.2, 0.25) is 0 Å². The molecule has 0 aliphatic carbocycles. The number of ether oxygens (including phenoxy) is 1. The van der Waals surface area contributed by atoms with Gasteiger partial charge in [0, 0.05) is 22.6 Å². The third-order valence-corrected chi connectivity index (χ3v) is 3.51. The van der Waals surface area contributed by atoms with Gasteiger partial charge in [0.1, 0.15) is 0 Å². The van der Waals surface area contributed by atoms with E-state index in [1.807, 2.05) is 62.6 Å². The van der Waals surface area contributed by atoms with E-state index in [1.165, 1.54) is 0 Å². The van der Waals surface area contributed by atoms with Gasteiger partial charge >= 0.3 is 5.97 Å². The molecule has 0 aliphatic rings. The number of carbonyl (C=O) groups is 2. The minimum absolute atomic E-state index is 0.0984. The molecule has 116 valence electrons. The van der Waals surface area contributed by atoms with Crippen molar-refractivity contribution >= 4 is 12.3 Å². The van der Waals surface area contributed by atoms with Gasteiger partial charge in [-0.2, -0.15) is 0 Å². The zero-order valence-corrected chi connectivity index (χ0v) is 13.4. The molecule has 4 heteroatoms. The lowest BCUT2D eigenvalue weighted by atomic mass is 10.1. The molecule has 1 aromatic carbocycles. The summed E-state index contributed by atoms with van der Waals surface area (Å²) in [6, 6.07) is 9.60. The summed E-state index contributed by atoms with van der Waals surface area (Å²) in [5.41, 5.74) is 4.50. The molecule has 0 N–H and O–H groups in total. The lowest BCUT2D eigenvalue weighted by Crippen LogP contribution is -2.13. The minimum Gasteiger partial charge on any atom is -0.463 e. The second-order valence-electron chi connectivity index (χ2n) is 5.66. The fraction of sp³-hybridized carbons (Fsp3) is 0.333. The van der Waals surface area contributed by atoms with Crippen LogP contribution in [0.2, 0.25) is 0 Å². The maximum absolute atomic E-state index is 11.7. The Hall–Kier alpha value is -2.36. The molecule has 0 amide bonds. The Labute approximate surface area is 130 Å². The summed E-state index contributed by atoms with van der Waals surface area (Å²) in [5.74, 6) is -0.223. The molecule has 0 saturated carbocycles. The molecule has 0 unspecified atom stereocenters. The maximum atomic E-state index is 11.7. The molecule has 0 spiro atoms. The Morgan fingerprint density at radius 1 is 1.23 bits per heavy atom. The fourth-order valence-corrected chi connectivity index (χ4v) is 2.54. The standard InChI is InChI=1S/C18H21NO3/c1-12(2)22-18(21)10-15-5-7-17(8-6-15)19-13(3)9-16(11-20)14(19)4/h5-9,11-12H,10H2,1-4H3. The molecular weight excluding hydrogens is 278 g/mol. The Balaban J connectivity index is 2.21. The predicted molar refractivity (Wildman–Crippen MR) is 85.6 cm³/mol. The van der Waals surface area contributed by atoms with Crippen LogP contribution < -0.4 is 0 Å². The molecule has 0 saturated heterocycles. The van der Waals surface area contributed by atoms with Crippen LogP contribution in [0.5, 0.6) is 0 Å². The molecule has 4 nitrogen and oxygen atoms in total. The van der Waals surface area contributed by atoms with Gasteiger partial charge in [-0.15, -0.1) is 0 Å². The third-order valence-electron chi connectivity index (χ3n) is 3.51. The number of esters is 1. The van der Waals surface area contributed by atoms with E-state index in [-0.39, 0.29) is 18.5 Å². The topological polar surface area (TPSA) is 48.3 Å². The summed E-state index contributed by atoms with van der Waals surface area (Å²) in [4.78, 5) is 22.7. The van der Waals surface area contributed by atoms with Crippen LogP contribution in [0, 0.1) is 13.8 Å². The molecule has 1 aromatic heterocycles. The van der Waals surface area contributed by atoms with Crippen molar-refractivity contribution in [3.63, 3.8) is 0 Å². The fourth-order valence-electron chi connectivity index (χ4n) is 2.54. The molecule has 0 fully saturated rings. The molecule has 0 bridgehead atoms. The van der Waals surface area contributed by atoms with Crippen molar-refractivity contribution in [2.24, 2.45) is 0 Å². The normalized spacial score (nSPS) is 10.8. The van der Waals surface area contributed by atoms with Gasteiger partial charge in [-0.05, 0) is 51.5 Å². The lowest BCUT2D eigenvalue weighted by molar-refractivity contribution is -0.146. The predicted octanol–water partition coefficient (Wildman–Crippen LogP) is 3.40. The Kier molecular flexibility index (Phi) is 4.81. The smallest absolute Gasteiger partial charge is 0.310 e. The van der Waals surface area contributed by atoms with Gasteiger partial charge in [-0.3, -0.25) is 9.59 Å². The number of hydrogen-bond acceptors (Lipinski definition) is 3. The third kappa shape index (κ3) is 3.45. The first-order chi connectivity index (χ1) is 10.4. The molecule has 0 aliphatic heterocycles. The van der Waals surface area contributed by atoms with Crippen molar-refractivity contribution in [3.05, 3.63) is 52.8 Å². The van der Waals surface area contributed by atoms with Crippen molar-refractivity contribution in [3.8, 4) is 5.69 Å². The number of aldehydes is 1. The van der Waals surface area contributed by atoms with Crippen molar-refractivity contribution in [1.29, 1.82) is 0 Å². The van der Waals surface area contributed by atoms with E-state index in [1.54, 1.807) is 0 Å². The summed E-state index contributed by atoms with van der Waals surface area (Å²) in [5, 5.41) is 0. The van der Waals surface area contributed by atoms with Crippen LogP contribution in [-0.2, 0) is 16.0 Å². The number of carbonyl (C=O) groups excluding carboxylic acids is 2. The first kappa shape index (κ1) is 16.0. The number of aromatic nitrogens is 1. The molecule has 0 atom stereocenters. The van der Waals surface area contributed by atoms with Gasteiger partial charge in [0.05, 0.1) is 12.5 Å². The number of hydrogen-bond donors (Lipinski definition) is 0. The largest absolute Gasteiger partial charge is 0.463 e. The van der Waals surface area contributed by atoms with E-state index in [9.17, 15) is 9.59 Å². The van der Waals surface area contributed by atoms with Crippen molar-refractivity contribution in [2.75, 3.05) is 0 Å². The number of rotatable bonds is 5. The maximum Gasteiger partial charge on any atom is 0.310 e. The summed E-state index contributed by atoms with van der Waals surface area (Å²) in [6.45, 7) is 7.56. The van der Waals surface area contributed by atoms with E-state index in [0.29, 0.717) is 5.56 Å². The molecule has 22 heavy (non-hydrogen) atoms. The van der Waals surface area contributed by atoms with Crippen LogP contribution >= 0.6 is 0 Å². The van der Waals surface area contributed by atoms with E-state index in [0.717, 1.165) is 28.9 Å². The SMILES string of the molecule is Cc1cc(C=O)c(C)n1-c1ccc(CC(=O)OC(C)C)cc1. The van der Waals surface area contributed by atoms with Crippen LogP contribution in [0.4, 0.5) is 0 Å². The average Bonchev–Trinajstić information content (AvgIpc) is 2.73. The highest BCUT2D eigenvalue weighted by Crippen LogP contribution is 2.20. The minimum atomic E-state index is -0.223. The first-order valence-corrected chi connectivity index (χ1v) is 7.35. The number of aryl methyl sites for hydroxylation is 1. The molecule has 0 radical (unpaired) electrons. The van der Waals surface area contributed by atoms with E-state index >= 15 is 0 Å². The van der Waals surface area contributed by atoms with Crippen LogP contribution in [0.3, 0.4) is 0 Å². The average molecular weight is 299 g/mol. The quantitative estimate of drug-likeness (QED) is 0.628. The van der Waals surface area contributed by atoms with Gasteiger partial charge in [0.25, 0.3) is 0 Å². The van der Waals surface area contributed by atoms with Crippen LogP contribution in [0.25, 0.3) is 5.69 Å². The van der Waals surface area contributed by atoms with Crippen LogP contribution in [0.1, 0.15) is 41.2 Å². The molecule has 2 aromatic rings. The van der Waals surface area contributed by atoms with Crippen molar-refractivity contribution in [2.45, 2.75) is 40.2 Å². The van der Waals surface area contributed by atoms with Crippen molar-refractivity contribution < 1.29 is 14.3 Å². The Bertz CT molecular complexity index is 681. The number of nitrogens with zero attached hydrogens (tertiary/aromatic N) is 1. The number of benzene rings is 1. The second kappa shape index (κ2) is 6.60.